The van der Waals surface area contributed by atoms with Crippen molar-refractivity contribution in [1.82, 2.24) is 15.0 Å². The van der Waals surface area contributed by atoms with E-state index in [1.807, 2.05) is 13.2 Å². The molecule has 0 radical (unpaired) electrons. The predicted octanol–water partition coefficient (Wildman–Crippen LogP) is 0.391. The van der Waals surface area contributed by atoms with E-state index in [4.69, 9.17) is 5.73 Å². The molecule has 4 nitrogen and oxygen atoms in total. The molecule has 11 heavy (non-hydrogen) atoms. The van der Waals surface area contributed by atoms with Crippen LogP contribution in [0.15, 0.2) is 18.9 Å². The van der Waals surface area contributed by atoms with Gasteiger partial charge in [0, 0.05) is 13.2 Å². The average molecular weight is 152 g/mol. The first-order valence-corrected chi connectivity index (χ1v) is 3.46. The Morgan fingerprint density at radius 3 is 3.09 bits per heavy atom. The van der Waals surface area contributed by atoms with Crippen molar-refractivity contribution in [3.8, 4) is 0 Å². The van der Waals surface area contributed by atoms with Crippen LogP contribution >= 0.6 is 0 Å². The molecule has 4 heteroatoms. The third-order valence-corrected chi connectivity index (χ3v) is 1.42. The maximum atomic E-state index is 5.73. The Balaban J connectivity index is 2.67. The molecular formula is C7H12N4. The van der Waals surface area contributed by atoms with Gasteiger partial charge in [0.1, 0.15) is 0 Å². The Kier molecular flexibility index (Phi) is 2.38. The number of nitrogens with zero attached hydrogens (tertiary/aromatic N) is 3. The summed E-state index contributed by atoms with van der Waals surface area (Å²) in [7, 11) is 1.82. The minimum absolute atomic E-state index is 0.0683. The minimum atomic E-state index is -0.0683. The predicted molar refractivity (Wildman–Crippen MR) is 42.7 cm³/mol. The molecule has 0 aliphatic heterocycles. The van der Waals surface area contributed by atoms with Crippen molar-refractivity contribution in [3.05, 3.63) is 24.5 Å². The van der Waals surface area contributed by atoms with Gasteiger partial charge in [-0.1, -0.05) is 11.3 Å². The molecule has 0 fully saturated rings. The Morgan fingerprint density at radius 1 is 1.91 bits per heavy atom. The maximum absolute atomic E-state index is 5.73. The topological polar surface area (TPSA) is 56.7 Å². The van der Waals surface area contributed by atoms with Gasteiger partial charge in [-0.2, -0.15) is 0 Å². The van der Waals surface area contributed by atoms with E-state index in [0.717, 1.165) is 12.1 Å². The van der Waals surface area contributed by atoms with Crippen molar-refractivity contribution in [1.29, 1.82) is 0 Å². The lowest BCUT2D eigenvalue weighted by molar-refractivity contribution is 0.693. The lowest BCUT2D eigenvalue weighted by Crippen LogP contribution is -2.09. The molecule has 0 bridgehead atoms. The van der Waals surface area contributed by atoms with Crippen LogP contribution in [0.1, 0.15) is 18.2 Å². The molecule has 2 N–H and O–H groups in total. The summed E-state index contributed by atoms with van der Waals surface area (Å²) in [6.45, 7) is 3.60. The number of aromatic nitrogens is 3. The highest BCUT2D eigenvalue weighted by molar-refractivity contribution is 5.00. The first-order chi connectivity index (χ1) is 5.24. The number of rotatable bonds is 3. The van der Waals surface area contributed by atoms with Crippen LogP contribution in [-0.4, -0.2) is 15.0 Å². The fraction of sp³-hybridized carbons (Fsp3) is 0.429. The molecule has 0 spiro atoms. The zero-order valence-corrected chi connectivity index (χ0v) is 6.57. The van der Waals surface area contributed by atoms with Gasteiger partial charge in [0.05, 0.1) is 11.7 Å². The van der Waals surface area contributed by atoms with Gasteiger partial charge in [-0.15, -0.1) is 11.7 Å². The van der Waals surface area contributed by atoms with Crippen molar-refractivity contribution in [2.45, 2.75) is 12.5 Å². The first-order valence-electron chi connectivity index (χ1n) is 3.46. The van der Waals surface area contributed by atoms with Gasteiger partial charge in [-0.3, -0.25) is 4.68 Å². The standard InChI is InChI=1S/C7H12N4/c1-3-4-6(8)7-5-11(2)10-9-7/h3,5-6H,1,4,8H2,2H3. The van der Waals surface area contributed by atoms with E-state index in [1.54, 1.807) is 10.8 Å². The van der Waals surface area contributed by atoms with Crippen molar-refractivity contribution >= 4 is 0 Å². The monoisotopic (exact) mass is 152 g/mol. The minimum Gasteiger partial charge on any atom is -0.322 e. The van der Waals surface area contributed by atoms with Gasteiger partial charge in [-0.25, -0.2) is 0 Å². The lowest BCUT2D eigenvalue weighted by Gasteiger charge is -2.01. The van der Waals surface area contributed by atoms with Gasteiger partial charge in [0.25, 0.3) is 0 Å². The summed E-state index contributed by atoms with van der Waals surface area (Å²) in [6.07, 6.45) is 4.33. The summed E-state index contributed by atoms with van der Waals surface area (Å²) in [5.41, 5.74) is 6.54. The number of hydrogen-bond acceptors (Lipinski definition) is 3. The highest BCUT2D eigenvalue weighted by atomic mass is 15.4. The number of nitrogens with two attached hydrogens (primary N) is 1. The third-order valence-electron chi connectivity index (χ3n) is 1.42. The normalized spacial score (nSPS) is 12.9. The Labute approximate surface area is 65.7 Å². The Hall–Kier alpha value is -1.16. The van der Waals surface area contributed by atoms with Gasteiger partial charge in [0.15, 0.2) is 0 Å². The lowest BCUT2D eigenvalue weighted by atomic mass is 10.2. The zero-order chi connectivity index (χ0) is 8.27. The molecule has 1 heterocycles. The molecule has 1 aromatic rings. The van der Waals surface area contributed by atoms with E-state index in [1.165, 1.54) is 0 Å². The molecule has 60 valence electrons. The highest BCUT2D eigenvalue weighted by Gasteiger charge is 2.06. The molecule has 0 aromatic carbocycles. The van der Waals surface area contributed by atoms with E-state index < -0.39 is 0 Å². The van der Waals surface area contributed by atoms with Crippen molar-refractivity contribution in [3.63, 3.8) is 0 Å². The molecule has 0 saturated carbocycles. The van der Waals surface area contributed by atoms with Gasteiger partial charge >= 0.3 is 0 Å². The second-order valence-electron chi connectivity index (χ2n) is 2.45. The van der Waals surface area contributed by atoms with Crippen LogP contribution in [0.5, 0.6) is 0 Å². The summed E-state index contributed by atoms with van der Waals surface area (Å²) in [4.78, 5) is 0. The van der Waals surface area contributed by atoms with Crippen LogP contribution in [0, 0.1) is 0 Å². The summed E-state index contributed by atoms with van der Waals surface area (Å²) >= 11 is 0. The van der Waals surface area contributed by atoms with Crippen LogP contribution in [0.25, 0.3) is 0 Å². The number of hydrogen-bond donors (Lipinski definition) is 1. The zero-order valence-electron chi connectivity index (χ0n) is 6.57. The largest absolute Gasteiger partial charge is 0.322 e. The summed E-state index contributed by atoms with van der Waals surface area (Å²) < 4.78 is 1.64. The molecule has 1 atom stereocenters. The second kappa shape index (κ2) is 3.30. The van der Waals surface area contributed by atoms with E-state index in [-0.39, 0.29) is 6.04 Å². The van der Waals surface area contributed by atoms with Crippen molar-refractivity contribution in [2.75, 3.05) is 0 Å². The fourth-order valence-corrected chi connectivity index (χ4v) is 0.835. The molecule has 0 amide bonds. The molecule has 1 unspecified atom stereocenters. The number of aryl methyl sites for hydroxylation is 1. The van der Waals surface area contributed by atoms with Crippen molar-refractivity contribution < 1.29 is 0 Å². The average Bonchev–Trinajstić information content (AvgIpc) is 2.36. The van der Waals surface area contributed by atoms with E-state index in [9.17, 15) is 0 Å². The van der Waals surface area contributed by atoms with Crippen LogP contribution in [-0.2, 0) is 7.05 Å². The molecule has 0 aliphatic rings. The quantitative estimate of drug-likeness (QED) is 0.637. The Morgan fingerprint density at radius 2 is 2.64 bits per heavy atom. The Bertz CT molecular complexity index is 240. The van der Waals surface area contributed by atoms with Crippen LogP contribution in [0.2, 0.25) is 0 Å². The van der Waals surface area contributed by atoms with Crippen LogP contribution in [0.4, 0.5) is 0 Å². The SMILES string of the molecule is C=CCC(N)c1cn(C)nn1. The molecule has 1 aromatic heterocycles. The van der Waals surface area contributed by atoms with Gasteiger partial charge in [0.2, 0.25) is 0 Å². The van der Waals surface area contributed by atoms with E-state index in [0.29, 0.717) is 0 Å². The van der Waals surface area contributed by atoms with Gasteiger partial charge < -0.3 is 5.73 Å². The van der Waals surface area contributed by atoms with E-state index in [2.05, 4.69) is 16.9 Å². The summed E-state index contributed by atoms with van der Waals surface area (Å²) in [5.74, 6) is 0. The fourth-order valence-electron chi connectivity index (χ4n) is 0.835. The highest BCUT2D eigenvalue weighted by Crippen LogP contribution is 2.08. The van der Waals surface area contributed by atoms with Crippen molar-refractivity contribution in [2.24, 2.45) is 12.8 Å². The maximum Gasteiger partial charge on any atom is 0.0997 e. The second-order valence-corrected chi connectivity index (χ2v) is 2.45. The summed E-state index contributed by atoms with van der Waals surface area (Å²) in [6, 6.07) is -0.0683. The van der Waals surface area contributed by atoms with E-state index >= 15 is 0 Å². The molecule has 0 saturated heterocycles. The molecule has 0 aliphatic carbocycles. The first kappa shape index (κ1) is 7.94. The van der Waals surface area contributed by atoms with Crippen LogP contribution in [0.3, 0.4) is 0 Å². The third kappa shape index (κ3) is 1.88. The molecular weight excluding hydrogens is 140 g/mol. The summed E-state index contributed by atoms with van der Waals surface area (Å²) in [5, 5.41) is 7.65. The smallest absolute Gasteiger partial charge is 0.0997 e. The van der Waals surface area contributed by atoms with Gasteiger partial charge in [-0.05, 0) is 6.42 Å². The molecule has 1 rings (SSSR count). The van der Waals surface area contributed by atoms with Crippen LogP contribution < -0.4 is 5.73 Å².